The van der Waals surface area contributed by atoms with Crippen LogP contribution >= 0.6 is 0 Å². The maximum atomic E-state index is 10.6. The number of fused-ring (bicyclic) bond motifs is 1. The summed E-state index contributed by atoms with van der Waals surface area (Å²) < 4.78 is 1.68. The van der Waals surface area contributed by atoms with E-state index in [0.717, 1.165) is 6.29 Å². The van der Waals surface area contributed by atoms with Crippen molar-refractivity contribution in [2.24, 2.45) is 7.05 Å². The molecule has 2 rings (SSSR count). The van der Waals surface area contributed by atoms with Crippen LogP contribution in [-0.2, 0) is 7.05 Å². The molecule has 62 valence electrons. The average molecular weight is 171 g/mol. The third-order valence-corrected chi connectivity index (χ3v) is 1.91. The molecule has 13 heavy (non-hydrogen) atoms. The van der Waals surface area contributed by atoms with Crippen LogP contribution in [0, 0.1) is 0 Å². The van der Waals surface area contributed by atoms with E-state index in [-0.39, 0.29) is 0 Å². The minimum absolute atomic E-state index is 0.357. The van der Waals surface area contributed by atoms with Gasteiger partial charge in [0.25, 0.3) is 0 Å². The topological polar surface area (TPSA) is 47.8 Å². The summed E-state index contributed by atoms with van der Waals surface area (Å²) >= 11 is 0. The zero-order valence-corrected chi connectivity index (χ0v) is 7.06. The number of nitrogens with zero attached hydrogens (tertiary/aromatic N) is 3. The van der Waals surface area contributed by atoms with Crippen molar-refractivity contribution in [1.82, 2.24) is 14.5 Å². The van der Waals surface area contributed by atoms with Crippen LogP contribution in [0.15, 0.2) is 12.3 Å². The number of aldehydes is 1. The highest BCUT2D eigenvalue weighted by atomic mass is 16.1. The highest BCUT2D eigenvalue weighted by molar-refractivity contribution is 6.30. The van der Waals surface area contributed by atoms with Crippen molar-refractivity contribution in [1.29, 1.82) is 0 Å². The summed E-state index contributed by atoms with van der Waals surface area (Å²) in [6, 6.07) is 1.66. The number of aryl methyl sites for hydroxylation is 1. The minimum Gasteiger partial charge on any atom is -0.325 e. The molecule has 0 bridgehead atoms. The number of aromatic nitrogens is 3. The minimum atomic E-state index is 0.357. The first kappa shape index (κ1) is 7.98. The second-order valence-electron chi connectivity index (χ2n) is 2.75. The Morgan fingerprint density at radius 2 is 2.38 bits per heavy atom. The Labute approximate surface area is 76.0 Å². The van der Waals surface area contributed by atoms with Gasteiger partial charge in [-0.15, -0.1) is 0 Å². The van der Waals surface area contributed by atoms with Crippen molar-refractivity contribution < 1.29 is 4.79 Å². The van der Waals surface area contributed by atoms with Crippen molar-refractivity contribution in [3.05, 3.63) is 18.0 Å². The van der Waals surface area contributed by atoms with Gasteiger partial charge in [0.15, 0.2) is 11.9 Å². The summed E-state index contributed by atoms with van der Waals surface area (Å²) in [5.74, 6) is 0. The maximum Gasteiger partial charge on any atom is 0.166 e. The first-order valence-corrected chi connectivity index (χ1v) is 3.75. The van der Waals surface area contributed by atoms with Crippen LogP contribution < -0.4 is 5.59 Å². The SMILES string of the molecule is [B]c1cnc2c(cc(C=O)n2C)n1. The Bertz CT molecular complexity index is 477. The van der Waals surface area contributed by atoms with Gasteiger partial charge in [-0.1, -0.05) is 0 Å². The summed E-state index contributed by atoms with van der Waals surface area (Å²) in [6.45, 7) is 0. The normalized spacial score (nSPS) is 10.5. The van der Waals surface area contributed by atoms with Crippen molar-refractivity contribution in [2.75, 3.05) is 0 Å². The van der Waals surface area contributed by atoms with Crippen molar-refractivity contribution in [3.63, 3.8) is 0 Å². The molecule has 2 heterocycles. The third-order valence-electron chi connectivity index (χ3n) is 1.91. The van der Waals surface area contributed by atoms with Crippen molar-refractivity contribution in [2.45, 2.75) is 0 Å². The highest BCUT2D eigenvalue weighted by Gasteiger charge is 2.06. The standard InChI is InChI=1S/C8H6BN3O/c1-12-5(4-13)2-6-8(12)10-3-7(9)11-6/h2-4H,1H3. The second-order valence-corrected chi connectivity index (χ2v) is 2.75. The summed E-state index contributed by atoms with van der Waals surface area (Å²) in [6.07, 6.45) is 2.23. The van der Waals surface area contributed by atoms with Crippen molar-refractivity contribution in [3.8, 4) is 0 Å². The molecule has 0 saturated carbocycles. The van der Waals surface area contributed by atoms with Gasteiger partial charge in [0, 0.05) is 18.8 Å². The van der Waals surface area contributed by atoms with Gasteiger partial charge in [-0.2, -0.15) is 0 Å². The molecule has 0 aliphatic rings. The van der Waals surface area contributed by atoms with Gasteiger partial charge in [0.1, 0.15) is 13.4 Å². The van der Waals surface area contributed by atoms with Crippen LogP contribution in [0.4, 0.5) is 0 Å². The maximum absolute atomic E-state index is 10.6. The van der Waals surface area contributed by atoms with E-state index in [9.17, 15) is 4.79 Å². The zero-order valence-electron chi connectivity index (χ0n) is 7.06. The molecule has 4 nitrogen and oxygen atoms in total. The Kier molecular flexibility index (Phi) is 1.65. The Hall–Kier alpha value is -1.65. The summed E-state index contributed by atoms with van der Waals surface area (Å²) in [5, 5.41) is 0. The van der Waals surface area contributed by atoms with Gasteiger partial charge in [-0.3, -0.25) is 9.78 Å². The molecule has 0 unspecified atom stereocenters. The van der Waals surface area contributed by atoms with Crippen LogP contribution in [-0.4, -0.2) is 28.7 Å². The van der Waals surface area contributed by atoms with Gasteiger partial charge < -0.3 is 4.57 Å². The lowest BCUT2D eigenvalue weighted by Gasteiger charge is -1.96. The average Bonchev–Trinajstić information content (AvgIpc) is 2.42. The fraction of sp³-hybridized carbons (Fsp3) is 0.125. The number of hydrogen-bond donors (Lipinski definition) is 0. The number of carbonyl (C=O) groups excluding carboxylic acids is 1. The largest absolute Gasteiger partial charge is 0.325 e. The van der Waals surface area contributed by atoms with E-state index < -0.39 is 0 Å². The fourth-order valence-corrected chi connectivity index (χ4v) is 1.24. The van der Waals surface area contributed by atoms with Crippen LogP contribution in [0.5, 0.6) is 0 Å². The number of rotatable bonds is 1. The molecular weight excluding hydrogens is 165 g/mol. The summed E-state index contributed by atoms with van der Waals surface area (Å²) in [4.78, 5) is 18.7. The molecule has 0 atom stereocenters. The van der Waals surface area contributed by atoms with Gasteiger partial charge >= 0.3 is 0 Å². The van der Waals surface area contributed by atoms with Gasteiger partial charge in [-0.25, -0.2) is 4.98 Å². The first-order valence-electron chi connectivity index (χ1n) is 3.75. The quantitative estimate of drug-likeness (QED) is 0.432. The van der Waals surface area contributed by atoms with E-state index in [4.69, 9.17) is 7.85 Å². The monoisotopic (exact) mass is 171 g/mol. The van der Waals surface area contributed by atoms with Gasteiger partial charge in [0.2, 0.25) is 0 Å². The molecule has 2 radical (unpaired) electrons. The molecule has 0 amide bonds. The smallest absolute Gasteiger partial charge is 0.166 e. The Morgan fingerprint density at radius 3 is 3.08 bits per heavy atom. The summed E-state index contributed by atoms with van der Waals surface area (Å²) in [5.41, 5.74) is 2.21. The lowest BCUT2D eigenvalue weighted by atomic mass is 10.1. The number of hydrogen-bond acceptors (Lipinski definition) is 3. The molecule has 0 saturated heterocycles. The molecule has 5 heteroatoms. The predicted molar refractivity (Wildman–Crippen MR) is 49.3 cm³/mol. The van der Waals surface area contributed by atoms with E-state index in [1.807, 2.05) is 0 Å². The van der Waals surface area contributed by atoms with Crippen LogP contribution in [0.25, 0.3) is 11.2 Å². The first-order chi connectivity index (χ1) is 6.22. The third kappa shape index (κ3) is 1.12. The molecular formula is C8H6BN3O. The van der Waals surface area contributed by atoms with E-state index in [0.29, 0.717) is 22.5 Å². The Morgan fingerprint density at radius 1 is 1.62 bits per heavy atom. The molecule has 0 aliphatic carbocycles. The van der Waals surface area contributed by atoms with E-state index >= 15 is 0 Å². The summed E-state index contributed by atoms with van der Waals surface area (Å²) in [7, 11) is 7.21. The molecule has 0 N–H and O–H groups in total. The molecule has 0 aliphatic heterocycles. The molecule has 0 fully saturated rings. The fourth-order valence-electron chi connectivity index (χ4n) is 1.24. The molecule has 2 aromatic heterocycles. The lowest BCUT2D eigenvalue weighted by Crippen LogP contribution is -2.08. The Balaban J connectivity index is 2.83. The van der Waals surface area contributed by atoms with Crippen LogP contribution in [0.1, 0.15) is 10.5 Å². The molecule has 0 spiro atoms. The van der Waals surface area contributed by atoms with Crippen LogP contribution in [0.3, 0.4) is 0 Å². The van der Waals surface area contributed by atoms with E-state index in [2.05, 4.69) is 9.97 Å². The predicted octanol–water partition coefficient (Wildman–Crippen LogP) is -0.425. The van der Waals surface area contributed by atoms with E-state index in [1.54, 1.807) is 17.7 Å². The molecule has 0 aromatic carbocycles. The number of carbonyl (C=O) groups is 1. The van der Waals surface area contributed by atoms with E-state index in [1.165, 1.54) is 6.20 Å². The van der Waals surface area contributed by atoms with Crippen LogP contribution in [0.2, 0.25) is 0 Å². The van der Waals surface area contributed by atoms with Gasteiger partial charge in [0.05, 0.1) is 5.69 Å². The van der Waals surface area contributed by atoms with Gasteiger partial charge in [-0.05, 0) is 6.07 Å². The lowest BCUT2D eigenvalue weighted by molar-refractivity contribution is 0.111. The zero-order chi connectivity index (χ0) is 9.42. The highest BCUT2D eigenvalue weighted by Crippen LogP contribution is 2.10. The second kappa shape index (κ2) is 2.69. The molecule has 2 aromatic rings. The van der Waals surface area contributed by atoms with Crippen molar-refractivity contribution >= 4 is 30.9 Å².